The molecule has 1 N–H and O–H groups in total. The van der Waals surface area contributed by atoms with Crippen LogP contribution in [0.4, 0.5) is 5.69 Å². The standard InChI is InChI=1S/C20H20BrN3O3/c1-2-27-18-8-6-17(7-9-18)24-13-15(11-19(24)25)20(26)23-22-12-14-4-3-5-16(21)10-14/h3-10,12,15H,2,11,13H2,1H3,(H,23,26)/b22-12-/t15-/m0/s1. The lowest BCUT2D eigenvalue weighted by Crippen LogP contribution is -2.30. The number of hydrogen-bond donors (Lipinski definition) is 1. The highest BCUT2D eigenvalue weighted by Crippen LogP contribution is 2.27. The molecule has 0 radical (unpaired) electrons. The van der Waals surface area contributed by atoms with Crippen LogP contribution in [0.3, 0.4) is 0 Å². The van der Waals surface area contributed by atoms with Gasteiger partial charge in [-0.3, -0.25) is 9.59 Å². The van der Waals surface area contributed by atoms with Crippen LogP contribution >= 0.6 is 15.9 Å². The number of benzene rings is 2. The molecule has 2 aromatic rings. The minimum atomic E-state index is -0.427. The Morgan fingerprint density at radius 2 is 2.11 bits per heavy atom. The molecule has 3 rings (SSSR count). The van der Waals surface area contributed by atoms with Crippen LogP contribution in [0.2, 0.25) is 0 Å². The second-order valence-corrected chi connectivity index (χ2v) is 7.04. The van der Waals surface area contributed by atoms with Crippen molar-refractivity contribution in [1.29, 1.82) is 0 Å². The molecular formula is C20H20BrN3O3. The van der Waals surface area contributed by atoms with Gasteiger partial charge in [-0.2, -0.15) is 5.10 Å². The van der Waals surface area contributed by atoms with Gasteiger partial charge in [0.05, 0.1) is 18.7 Å². The van der Waals surface area contributed by atoms with Gasteiger partial charge in [-0.05, 0) is 48.9 Å². The SMILES string of the molecule is CCOc1ccc(N2C[C@@H](C(=O)N/N=C\c3cccc(Br)c3)CC2=O)cc1. The Morgan fingerprint density at radius 3 is 2.81 bits per heavy atom. The molecule has 1 aliphatic rings. The fourth-order valence-electron chi connectivity index (χ4n) is 2.87. The van der Waals surface area contributed by atoms with Gasteiger partial charge in [0, 0.05) is 23.1 Å². The number of anilines is 1. The van der Waals surface area contributed by atoms with Crippen molar-refractivity contribution in [1.82, 2.24) is 5.43 Å². The Labute approximate surface area is 166 Å². The molecule has 0 aromatic heterocycles. The first-order chi connectivity index (χ1) is 13.1. The molecule has 0 aliphatic carbocycles. The highest BCUT2D eigenvalue weighted by Gasteiger charge is 2.35. The number of carbonyl (C=O) groups excluding carboxylic acids is 2. The van der Waals surface area contributed by atoms with Crippen LogP contribution in [0.25, 0.3) is 0 Å². The van der Waals surface area contributed by atoms with Crippen LogP contribution in [-0.2, 0) is 9.59 Å². The summed E-state index contributed by atoms with van der Waals surface area (Å²) in [6.45, 7) is 2.84. The molecule has 1 fully saturated rings. The van der Waals surface area contributed by atoms with Crippen LogP contribution in [0.15, 0.2) is 58.1 Å². The molecule has 7 heteroatoms. The second-order valence-electron chi connectivity index (χ2n) is 6.12. The minimum Gasteiger partial charge on any atom is -0.494 e. The largest absolute Gasteiger partial charge is 0.494 e. The van der Waals surface area contributed by atoms with Gasteiger partial charge in [0.25, 0.3) is 0 Å². The van der Waals surface area contributed by atoms with Crippen molar-refractivity contribution in [2.45, 2.75) is 13.3 Å². The van der Waals surface area contributed by atoms with Crippen molar-refractivity contribution in [3.05, 3.63) is 58.6 Å². The van der Waals surface area contributed by atoms with Crippen molar-refractivity contribution in [3.8, 4) is 5.75 Å². The van der Waals surface area contributed by atoms with Crippen molar-refractivity contribution >= 4 is 39.6 Å². The van der Waals surface area contributed by atoms with Crippen molar-refractivity contribution < 1.29 is 14.3 Å². The number of hydrazone groups is 1. The lowest BCUT2D eigenvalue weighted by Gasteiger charge is -2.17. The van der Waals surface area contributed by atoms with Gasteiger partial charge in [-0.1, -0.05) is 28.1 Å². The van der Waals surface area contributed by atoms with E-state index in [0.717, 1.165) is 21.5 Å². The van der Waals surface area contributed by atoms with Crippen molar-refractivity contribution in [3.63, 3.8) is 0 Å². The maximum Gasteiger partial charge on any atom is 0.245 e. The molecule has 0 spiro atoms. The van der Waals surface area contributed by atoms with Gasteiger partial charge in [0.15, 0.2) is 0 Å². The maximum absolute atomic E-state index is 12.3. The molecule has 1 saturated heterocycles. The zero-order valence-electron chi connectivity index (χ0n) is 14.9. The van der Waals surface area contributed by atoms with Gasteiger partial charge in [0.1, 0.15) is 5.75 Å². The van der Waals surface area contributed by atoms with Gasteiger partial charge in [0.2, 0.25) is 11.8 Å². The molecule has 1 aliphatic heterocycles. The van der Waals surface area contributed by atoms with Gasteiger partial charge < -0.3 is 9.64 Å². The molecule has 2 aromatic carbocycles. The average molecular weight is 430 g/mol. The quantitative estimate of drug-likeness (QED) is 0.565. The molecule has 0 unspecified atom stereocenters. The normalized spacial score (nSPS) is 16.7. The third-order valence-electron chi connectivity index (χ3n) is 4.19. The summed E-state index contributed by atoms with van der Waals surface area (Å²) in [5.41, 5.74) is 4.15. The van der Waals surface area contributed by atoms with E-state index < -0.39 is 5.92 Å². The summed E-state index contributed by atoms with van der Waals surface area (Å²) in [7, 11) is 0. The first kappa shape index (κ1) is 19.1. The molecular weight excluding hydrogens is 410 g/mol. The Balaban J connectivity index is 1.58. The summed E-state index contributed by atoms with van der Waals surface area (Å²) >= 11 is 3.39. The number of nitrogens with one attached hydrogen (secondary N) is 1. The second kappa shape index (κ2) is 8.81. The molecule has 1 atom stereocenters. The van der Waals surface area contributed by atoms with E-state index in [2.05, 4.69) is 26.5 Å². The monoisotopic (exact) mass is 429 g/mol. The number of rotatable bonds is 6. The fourth-order valence-corrected chi connectivity index (χ4v) is 3.29. The summed E-state index contributed by atoms with van der Waals surface area (Å²) in [4.78, 5) is 26.3. The smallest absolute Gasteiger partial charge is 0.245 e. The zero-order chi connectivity index (χ0) is 19.2. The predicted molar refractivity (Wildman–Crippen MR) is 108 cm³/mol. The molecule has 0 saturated carbocycles. The predicted octanol–water partition coefficient (Wildman–Crippen LogP) is 3.35. The average Bonchev–Trinajstić information content (AvgIpc) is 3.04. The van der Waals surface area contributed by atoms with E-state index in [1.807, 2.05) is 55.5 Å². The highest BCUT2D eigenvalue weighted by atomic mass is 79.9. The Bertz CT molecular complexity index is 852. The van der Waals surface area contributed by atoms with Crippen LogP contribution < -0.4 is 15.1 Å². The Kier molecular flexibility index (Phi) is 6.24. The molecule has 2 amide bonds. The topological polar surface area (TPSA) is 71.0 Å². The van der Waals surface area contributed by atoms with E-state index >= 15 is 0 Å². The number of ether oxygens (including phenoxy) is 1. The number of amides is 2. The molecule has 6 nitrogen and oxygen atoms in total. The van der Waals surface area contributed by atoms with E-state index in [1.165, 1.54) is 0 Å². The summed E-state index contributed by atoms with van der Waals surface area (Å²) in [6, 6.07) is 14.9. The number of carbonyl (C=O) groups is 2. The van der Waals surface area contributed by atoms with E-state index in [4.69, 9.17) is 4.74 Å². The summed E-state index contributed by atoms with van der Waals surface area (Å²) < 4.78 is 6.35. The zero-order valence-corrected chi connectivity index (χ0v) is 16.5. The molecule has 140 valence electrons. The van der Waals surface area contributed by atoms with E-state index in [-0.39, 0.29) is 18.2 Å². The minimum absolute atomic E-state index is 0.0738. The lowest BCUT2D eigenvalue weighted by atomic mass is 10.1. The lowest BCUT2D eigenvalue weighted by molar-refractivity contribution is -0.126. The fraction of sp³-hybridized carbons (Fsp3) is 0.250. The third kappa shape index (κ3) is 4.95. The first-order valence-corrected chi connectivity index (χ1v) is 9.48. The maximum atomic E-state index is 12.3. The van der Waals surface area contributed by atoms with E-state index in [9.17, 15) is 9.59 Å². The van der Waals surface area contributed by atoms with Crippen LogP contribution in [0.1, 0.15) is 18.9 Å². The highest BCUT2D eigenvalue weighted by molar-refractivity contribution is 9.10. The first-order valence-electron chi connectivity index (χ1n) is 8.68. The Hall–Kier alpha value is -2.67. The summed E-state index contributed by atoms with van der Waals surface area (Å²) in [5.74, 6) is -0.00823. The van der Waals surface area contributed by atoms with Gasteiger partial charge in [-0.25, -0.2) is 5.43 Å². The number of nitrogens with zero attached hydrogens (tertiary/aromatic N) is 2. The number of halogens is 1. The van der Waals surface area contributed by atoms with Gasteiger partial charge in [-0.15, -0.1) is 0 Å². The molecule has 27 heavy (non-hydrogen) atoms. The number of hydrogen-bond acceptors (Lipinski definition) is 4. The van der Waals surface area contributed by atoms with E-state index in [0.29, 0.717) is 13.2 Å². The third-order valence-corrected chi connectivity index (χ3v) is 4.69. The summed E-state index contributed by atoms with van der Waals surface area (Å²) in [6.07, 6.45) is 1.75. The van der Waals surface area contributed by atoms with Crippen molar-refractivity contribution in [2.24, 2.45) is 11.0 Å². The Morgan fingerprint density at radius 1 is 1.33 bits per heavy atom. The summed E-state index contributed by atoms with van der Waals surface area (Å²) in [5, 5.41) is 3.99. The van der Waals surface area contributed by atoms with Crippen LogP contribution in [0.5, 0.6) is 5.75 Å². The van der Waals surface area contributed by atoms with Crippen LogP contribution in [0, 0.1) is 5.92 Å². The van der Waals surface area contributed by atoms with Crippen LogP contribution in [-0.4, -0.2) is 31.2 Å². The molecule has 1 heterocycles. The molecule has 0 bridgehead atoms. The van der Waals surface area contributed by atoms with E-state index in [1.54, 1.807) is 11.1 Å². The van der Waals surface area contributed by atoms with Crippen molar-refractivity contribution in [2.75, 3.05) is 18.1 Å². The van der Waals surface area contributed by atoms with Gasteiger partial charge >= 0.3 is 0 Å².